The van der Waals surface area contributed by atoms with E-state index in [4.69, 9.17) is 0 Å². The molecule has 2 bridgehead atoms. The van der Waals surface area contributed by atoms with Crippen LogP contribution in [0.25, 0.3) is 0 Å². The average Bonchev–Trinajstić information content (AvgIpc) is 3.12. The number of carboxylic acid groups (broad SMARTS) is 1. The lowest BCUT2D eigenvalue weighted by Crippen LogP contribution is -2.46. The minimum absolute atomic E-state index is 0.0701. The molecule has 0 saturated heterocycles. The molecule has 3 saturated carbocycles. The van der Waals surface area contributed by atoms with Crippen molar-refractivity contribution in [1.29, 1.82) is 0 Å². The van der Waals surface area contributed by atoms with Crippen molar-refractivity contribution in [2.75, 3.05) is 0 Å². The number of fused-ring (bicyclic) bond motifs is 2. The van der Waals surface area contributed by atoms with Crippen LogP contribution in [0.4, 0.5) is 0 Å². The van der Waals surface area contributed by atoms with Gasteiger partial charge < -0.3 is 10.4 Å². The molecule has 3 aliphatic rings. The first-order chi connectivity index (χ1) is 9.65. The fourth-order valence-electron chi connectivity index (χ4n) is 4.75. The van der Waals surface area contributed by atoms with Crippen LogP contribution in [0.2, 0.25) is 0 Å². The second-order valence-corrected chi connectivity index (χ2v) is 6.98. The molecule has 0 aromatic heterocycles. The summed E-state index contributed by atoms with van der Waals surface area (Å²) in [5.41, 5.74) is 0. The molecule has 4 atom stereocenters. The standard InChI is InChI=1S/C16H25NO3/c18-13(8-5-10-3-1-2-4-10)17-15-12-7-6-11(9-12)14(15)16(19)20/h10-12,14-15H,1-9H2,(H,17,18)(H,19,20). The van der Waals surface area contributed by atoms with E-state index in [9.17, 15) is 14.7 Å². The highest BCUT2D eigenvalue weighted by molar-refractivity contribution is 5.78. The number of hydrogen-bond donors (Lipinski definition) is 2. The van der Waals surface area contributed by atoms with Crippen LogP contribution in [0.1, 0.15) is 57.8 Å². The van der Waals surface area contributed by atoms with Gasteiger partial charge in [-0.3, -0.25) is 9.59 Å². The zero-order chi connectivity index (χ0) is 14.1. The lowest BCUT2D eigenvalue weighted by atomic mass is 9.84. The van der Waals surface area contributed by atoms with Gasteiger partial charge in [0.1, 0.15) is 0 Å². The van der Waals surface area contributed by atoms with E-state index >= 15 is 0 Å². The van der Waals surface area contributed by atoms with Gasteiger partial charge in [0.2, 0.25) is 5.91 Å². The number of rotatable bonds is 5. The molecule has 1 amide bonds. The Morgan fingerprint density at radius 3 is 2.45 bits per heavy atom. The monoisotopic (exact) mass is 279 g/mol. The number of nitrogens with one attached hydrogen (secondary N) is 1. The van der Waals surface area contributed by atoms with Crippen LogP contribution in [0.5, 0.6) is 0 Å². The highest BCUT2D eigenvalue weighted by Crippen LogP contribution is 2.48. The molecule has 4 nitrogen and oxygen atoms in total. The van der Waals surface area contributed by atoms with Crippen molar-refractivity contribution < 1.29 is 14.7 Å². The van der Waals surface area contributed by atoms with E-state index in [1.807, 2.05) is 0 Å². The van der Waals surface area contributed by atoms with E-state index < -0.39 is 5.97 Å². The molecule has 0 heterocycles. The average molecular weight is 279 g/mol. The topological polar surface area (TPSA) is 66.4 Å². The van der Waals surface area contributed by atoms with Crippen LogP contribution in [-0.4, -0.2) is 23.0 Å². The van der Waals surface area contributed by atoms with Gasteiger partial charge in [0.05, 0.1) is 5.92 Å². The summed E-state index contributed by atoms with van der Waals surface area (Å²) in [6.45, 7) is 0. The summed E-state index contributed by atoms with van der Waals surface area (Å²) >= 11 is 0. The molecular weight excluding hydrogens is 254 g/mol. The van der Waals surface area contributed by atoms with Crippen molar-refractivity contribution in [1.82, 2.24) is 5.32 Å². The maximum absolute atomic E-state index is 12.1. The molecule has 20 heavy (non-hydrogen) atoms. The predicted molar refractivity (Wildman–Crippen MR) is 75.1 cm³/mol. The Hall–Kier alpha value is -1.06. The maximum atomic E-state index is 12.1. The van der Waals surface area contributed by atoms with Crippen molar-refractivity contribution >= 4 is 11.9 Å². The van der Waals surface area contributed by atoms with Crippen molar-refractivity contribution in [3.63, 3.8) is 0 Å². The number of hydrogen-bond acceptors (Lipinski definition) is 2. The molecule has 3 fully saturated rings. The van der Waals surface area contributed by atoms with Gasteiger partial charge in [-0.2, -0.15) is 0 Å². The fourth-order valence-corrected chi connectivity index (χ4v) is 4.75. The lowest BCUT2D eigenvalue weighted by Gasteiger charge is -2.29. The highest BCUT2D eigenvalue weighted by atomic mass is 16.4. The fraction of sp³-hybridized carbons (Fsp3) is 0.875. The van der Waals surface area contributed by atoms with Crippen LogP contribution in [0.3, 0.4) is 0 Å². The summed E-state index contributed by atoms with van der Waals surface area (Å²) in [5, 5.41) is 12.4. The summed E-state index contributed by atoms with van der Waals surface area (Å²) in [6, 6.07) is -0.109. The number of carbonyl (C=O) groups is 2. The highest BCUT2D eigenvalue weighted by Gasteiger charge is 2.51. The second kappa shape index (κ2) is 5.74. The zero-order valence-electron chi connectivity index (χ0n) is 12.0. The van der Waals surface area contributed by atoms with Crippen LogP contribution >= 0.6 is 0 Å². The second-order valence-electron chi connectivity index (χ2n) is 6.98. The Morgan fingerprint density at radius 1 is 1.05 bits per heavy atom. The Kier molecular flexibility index (Phi) is 3.99. The number of carbonyl (C=O) groups excluding carboxylic acids is 1. The van der Waals surface area contributed by atoms with Gasteiger partial charge >= 0.3 is 5.97 Å². The largest absolute Gasteiger partial charge is 0.481 e. The molecule has 4 unspecified atom stereocenters. The smallest absolute Gasteiger partial charge is 0.308 e. The molecule has 3 aliphatic carbocycles. The zero-order valence-corrected chi connectivity index (χ0v) is 12.0. The molecule has 0 aromatic rings. The molecule has 0 radical (unpaired) electrons. The SMILES string of the molecule is O=C(CCC1CCCC1)NC1C2CCC(C2)C1C(=O)O. The summed E-state index contributed by atoms with van der Waals surface area (Å²) in [6.07, 6.45) is 9.79. The lowest BCUT2D eigenvalue weighted by molar-refractivity contribution is -0.144. The van der Waals surface area contributed by atoms with E-state index in [0.29, 0.717) is 12.3 Å². The molecular formula is C16H25NO3. The van der Waals surface area contributed by atoms with E-state index in [2.05, 4.69) is 5.32 Å². The summed E-state index contributed by atoms with van der Waals surface area (Å²) < 4.78 is 0. The third-order valence-electron chi connectivity index (χ3n) is 5.78. The summed E-state index contributed by atoms with van der Waals surface area (Å²) in [5.74, 6) is 0.411. The number of aliphatic carboxylic acids is 1. The number of carboxylic acids is 1. The van der Waals surface area contributed by atoms with E-state index in [1.54, 1.807) is 0 Å². The van der Waals surface area contributed by atoms with Gasteiger partial charge in [0.25, 0.3) is 0 Å². The summed E-state index contributed by atoms with van der Waals surface area (Å²) in [7, 11) is 0. The van der Waals surface area contributed by atoms with Crippen molar-refractivity contribution in [3.05, 3.63) is 0 Å². The van der Waals surface area contributed by atoms with Gasteiger partial charge in [0, 0.05) is 12.5 Å². The molecule has 0 aromatic carbocycles. The summed E-state index contributed by atoms with van der Waals surface area (Å²) in [4.78, 5) is 23.5. The minimum Gasteiger partial charge on any atom is -0.481 e. The molecule has 3 rings (SSSR count). The van der Waals surface area contributed by atoms with Crippen molar-refractivity contribution in [2.45, 2.75) is 63.8 Å². The Morgan fingerprint density at radius 2 is 1.75 bits per heavy atom. The third-order valence-corrected chi connectivity index (χ3v) is 5.78. The predicted octanol–water partition coefficient (Wildman–Crippen LogP) is 2.57. The van der Waals surface area contributed by atoms with Crippen LogP contribution in [0, 0.1) is 23.7 Å². The quantitative estimate of drug-likeness (QED) is 0.813. The molecule has 0 spiro atoms. The van der Waals surface area contributed by atoms with E-state index in [0.717, 1.165) is 31.6 Å². The Bertz CT molecular complexity index is 389. The molecule has 0 aliphatic heterocycles. The molecule has 112 valence electrons. The third kappa shape index (κ3) is 2.70. The van der Waals surface area contributed by atoms with Gasteiger partial charge in [-0.25, -0.2) is 0 Å². The minimum atomic E-state index is -0.724. The molecule has 2 N–H and O–H groups in total. The van der Waals surface area contributed by atoms with Crippen molar-refractivity contribution in [3.8, 4) is 0 Å². The maximum Gasteiger partial charge on any atom is 0.308 e. The van der Waals surface area contributed by atoms with Gasteiger partial charge in [-0.05, 0) is 43.4 Å². The van der Waals surface area contributed by atoms with E-state index in [1.165, 1.54) is 25.7 Å². The van der Waals surface area contributed by atoms with Gasteiger partial charge in [-0.1, -0.05) is 25.7 Å². The first kappa shape index (κ1) is 13.9. The van der Waals surface area contributed by atoms with Gasteiger partial charge in [-0.15, -0.1) is 0 Å². The van der Waals surface area contributed by atoms with Crippen LogP contribution in [-0.2, 0) is 9.59 Å². The normalized spacial score (nSPS) is 36.4. The molecule has 4 heteroatoms. The van der Waals surface area contributed by atoms with E-state index in [-0.39, 0.29) is 23.8 Å². The van der Waals surface area contributed by atoms with Crippen LogP contribution < -0.4 is 5.32 Å². The Labute approximate surface area is 120 Å². The van der Waals surface area contributed by atoms with Crippen molar-refractivity contribution in [2.24, 2.45) is 23.7 Å². The van der Waals surface area contributed by atoms with Crippen LogP contribution in [0.15, 0.2) is 0 Å². The van der Waals surface area contributed by atoms with Gasteiger partial charge in [0.15, 0.2) is 0 Å². The first-order valence-corrected chi connectivity index (χ1v) is 8.17. The Balaban J connectivity index is 1.51. The number of amides is 1. The first-order valence-electron chi connectivity index (χ1n) is 8.17.